The Morgan fingerprint density at radius 1 is 0.552 bits per heavy atom. The van der Waals surface area contributed by atoms with Crippen LogP contribution in [0.2, 0.25) is 0 Å². The van der Waals surface area contributed by atoms with E-state index in [9.17, 15) is 57.1 Å². The van der Waals surface area contributed by atoms with Crippen LogP contribution in [0, 0.1) is 0 Å². The van der Waals surface area contributed by atoms with E-state index in [1.807, 2.05) is 0 Å². The first-order valence-electron chi connectivity index (χ1n) is 6.92. The molecule has 2 rings (SSSR count). The van der Waals surface area contributed by atoms with Gasteiger partial charge in [-0.1, -0.05) is 6.07 Å². The maximum atomic E-state index is 14.0. The second-order valence-corrected chi connectivity index (χ2v) is 7.54. The zero-order chi connectivity index (χ0) is 22.7. The summed E-state index contributed by atoms with van der Waals surface area (Å²) in [4.78, 5) is -1.92. The maximum absolute atomic E-state index is 14.0. The topological polar surface area (TPSA) is 0 Å². The van der Waals surface area contributed by atoms with Crippen LogP contribution in [0.25, 0.3) is 9.75 Å². The fourth-order valence-electron chi connectivity index (χ4n) is 1.98. The molecule has 0 unspecified atom stereocenters. The first-order valence-corrected chi connectivity index (χ1v) is 8.62. The summed E-state index contributed by atoms with van der Waals surface area (Å²) in [6.45, 7) is 0. The molecule has 0 atom stereocenters. The number of thiophene rings is 2. The molecule has 0 saturated carbocycles. The van der Waals surface area contributed by atoms with Gasteiger partial charge >= 0.3 is 35.8 Å². The van der Waals surface area contributed by atoms with Gasteiger partial charge in [0.25, 0.3) is 0 Å². The summed E-state index contributed by atoms with van der Waals surface area (Å²) in [5.41, 5.74) is 0. The Kier molecular flexibility index (Phi) is 5.53. The predicted molar refractivity (Wildman–Crippen MR) is 77.4 cm³/mol. The van der Waals surface area contributed by atoms with E-state index in [1.54, 1.807) is 0 Å². The van der Waals surface area contributed by atoms with Gasteiger partial charge in [0, 0.05) is 9.75 Å². The van der Waals surface area contributed by atoms with E-state index in [-0.39, 0.29) is 27.2 Å². The van der Waals surface area contributed by atoms with Crippen molar-refractivity contribution in [2.24, 2.45) is 0 Å². The highest BCUT2D eigenvalue weighted by Crippen LogP contribution is 2.62. The fraction of sp³-hybridized carbons (Fsp3) is 0.429. The minimum Gasteiger partial charge on any atom is -0.193 e. The van der Waals surface area contributed by atoms with Crippen molar-refractivity contribution < 1.29 is 57.1 Å². The van der Waals surface area contributed by atoms with Crippen LogP contribution in [0.4, 0.5) is 57.1 Å². The Morgan fingerprint density at radius 2 is 1.07 bits per heavy atom. The van der Waals surface area contributed by atoms with Crippen molar-refractivity contribution in [2.45, 2.75) is 35.8 Å². The third-order valence-electron chi connectivity index (χ3n) is 3.61. The molecule has 0 amide bonds. The second kappa shape index (κ2) is 6.75. The largest absolute Gasteiger partial charge is 0.460 e. The van der Waals surface area contributed by atoms with Crippen LogP contribution in [0.5, 0.6) is 0 Å². The Balaban J connectivity index is 2.53. The van der Waals surface area contributed by atoms with E-state index in [2.05, 4.69) is 0 Å². The van der Waals surface area contributed by atoms with Gasteiger partial charge in [0.15, 0.2) is 0 Å². The molecule has 0 aliphatic rings. The SMILES string of the molecule is FC(F)(F)C(F)(F)C(F)(F)C(F)(F)C(F)(F)C(F)(F)c1ccc(-c2cccs2)s1. The highest BCUT2D eigenvalue weighted by atomic mass is 32.1. The molecule has 0 aliphatic heterocycles. The molecule has 0 aliphatic carbocycles. The molecular weight excluding hydrogens is 479 g/mol. The number of hydrogen-bond donors (Lipinski definition) is 0. The summed E-state index contributed by atoms with van der Waals surface area (Å²) >= 11 is 0.666. The van der Waals surface area contributed by atoms with Gasteiger partial charge in [-0.2, -0.15) is 57.1 Å². The predicted octanol–water partition coefficient (Wildman–Crippen LogP) is 7.67. The molecule has 0 saturated heterocycles. The molecule has 0 bridgehead atoms. The van der Waals surface area contributed by atoms with Crippen molar-refractivity contribution in [3.05, 3.63) is 34.5 Å². The zero-order valence-corrected chi connectivity index (χ0v) is 14.7. The van der Waals surface area contributed by atoms with Gasteiger partial charge < -0.3 is 0 Å². The van der Waals surface area contributed by atoms with Crippen LogP contribution >= 0.6 is 22.7 Å². The van der Waals surface area contributed by atoms with Crippen molar-refractivity contribution in [1.82, 2.24) is 0 Å². The second-order valence-electron chi connectivity index (χ2n) is 5.51. The zero-order valence-electron chi connectivity index (χ0n) is 13.1. The highest BCUT2D eigenvalue weighted by Gasteiger charge is 2.91. The number of hydrogen-bond acceptors (Lipinski definition) is 2. The Bertz CT molecular complexity index is 845. The van der Waals surface area contributed by atoms with Gasteiger partial charge in [-0.05, 0) is 23.6 Å². The Labute approximate surface area is 160 Å². The molecule has 2 aromatic heterocycles. The van der Waals surface area contributed by atoms with Crippen LogP contribution in [0.15, 0.2) is 29.6 Å². The van der Waals surface area contributed by atoms with E-state index >= 15 is 0 Å². The van der Waals surface area contributed by atoms with Gasteiger partial charge in [-0.25, -0.2) is 0 Å². The molecule has 29 heavy (non-hydrogen) atoms. The average molecular weight is 484 g/mol. The van der Waals surface area contributed by atoms with E-state index in [1.165, 1.54) is 17.5 Å². The molecule has 0 nitrogen and oxygen atoms in total. The number of rotatable bonds is 6. The lowest BCUT2D eigenvalue weighted by molar-refractivity contribution is -0.441. The first-order chi connectivity index (χ1) is 12.8. The smallest absolute Gasteiger partial charge is 0.193 e. The minimum absolute atomic E-state index is 0.157. The standard InChI is InChI=1S/C14H5F13S2/c15-9(16,8-4-3-7(29-8)6-2-1-5-28-6)10(17,18)11(19,20)12(21,22)13(23,24)14(25,26)27/h1-5H. The summed E-state index contributed by atoms with van der Waals surface area (Å²) in [6.07, 6.45) is -7.42. The molecule has 2 heterocycles. The van der Waals surface area contributed by atoms with Crippen molar-refractivity contribution in [1.29, 1.82) is 0 Å². The van der Waals surface area contributed by atoms with Gasteiger partial charge in [-0.3, -0.25) is 0 Å². The lowest BCUT2D eigenvalue weighted by Gasteiger charge is -2.39. The summed E-state index contributed by atoms with van der Waals surface area (Å²) < 4.78 is 171. The van der Waals surface area contributed by atoms with Crippen molar-refractivity contribution in [3.8, 4) is 9.75 Å². The third kappa shape index (κ3) is 3.29. The van der Waals surface area contributed by atoms with Crippen molar-refractivity contribution >= 4 is 22.7 Å². The van der Waals surface area contributed by atoms with Crippen LogP contribution in [-0.2, 0) is 5.92 Å². The number of halogens is 13. The van der Waals surface area contributed by atoms with Crippen LogP contribution in [-0.4, -0.2) is 29.9 Å². The first kappa shape index (κ1) is 23.8. The monoisotopic (exact) mass is 484 g/mol. The van der Waals surface area contributed by atoms with Crippen LogP contribution in [0.1, 0.15) is 4.88 Å². The molecule has 164 valence electrons. The van der Waals surface area contributed by atoms with Gasteiger partial charge in [0.2, 0.25) is 0 Å². The number of alkyl halides is 13. The third-order valence-corrected chi connectivity index (χ3v) is 5.83. The average Bonchev–Trinajstić information content (AvgIpc) is 3.24. The van der Waals surface area contributed by atoms with E-state index in [4.69, 9.17) is 0 Å². The van der Waals surface area contributed by atoms with E-state index < -0.39 is 40.7 Å². The molecule has 15 heteroatoms. The molecule has 0 aromatic carbocycles. The van der Waals surface area contributed by atoms with E-state index in [0.717, 1.165) is 17.4 Å². The maximum Gasteiger partial charge on any atom is 0.460 e. The highest BCUT2D eigenvalue weighted by molar-refractivity contribution is 7.21. The summed E-state index contributed by atoms with van der Waals surface area (Å²) in [6, 6.07) is 3.61. The van der Waals surface area contributed by atoms with Crippen molar-refractivity contribution in [3.63, 3.8) is 0 Å². The molecule has 2 aromatic rings. The summed E-state index contributed by atoms with van der Waals surface area (Å²) in [5.74, 6) is -36.9. The Morgan fingerprint density at radius 3 is 1.52 bits per heavy atom. The normalized spacial score (nSPS) is 15.1. The molecule has 0 fully saturated rings. The summed E-state index contributed by atoms with van der Waals surface area (Å²) in [5, 5.41) is 1.43. The lowest BCUT2D eigenvalue weighted by Crippen LogP contribution is -2.69. The summed E-state index contributed by atoms with van der Waals surface area (Å²) in [7, 11) is 0. The molecule has 0 spiro atoms. The van der Waals surface area contributed by atoms with Gasteiger partial charge in [0.1, 0.15) is 0 Å². The van der Waals surface area contributed by atoms with E-state index in [0.29, 0.717) is 0 Å². The Hall–Kier alpha value is -1.51. The van der Waals surface area contributed by atoms with Crippen molar-refractivity contribution in [2.75, 3.05) is 0 Å². The fourth-order valence-corrected chi connectivity index (χ4v) is 3.83. The molecule has 0 N–H and O–H groups in total. The van der Waals surface area contributed by atoms with Crippen LogP contribution < -0.4 is 0 Å². The molecule has 0 radical (unpaired) electrons. The van der Waals surface area contributed by atoms with Crippen LogP contribution in [0.3, 0.4) is 0 Å². The quantitative estimate of drug-likeness (QED) is 0.369. The minimum atomic E-state index is -7.89. The lowest BCUT2D eigenvalue weighted by atomic mass is 9.93. The molecular formula is C14H5F13S2. The van der Waals surface area contributed by atoms with Gasteiger partial charge in [-0.15, -0.1) is 22.7 Å². The van der Waals surface area contributed by atoms with Gasteiger partial charge in [0.05, 0.1) is 4.88 Å².